The second-order valence-corrected chi connectivity index (χ2v) is 5.40. The summed E-state index contributed by atoms with van der Waals surface area (Å²) in [4.78, 5) is 0. The van der Waals surface area contributed by atoms with Crippen LogP contribution in [-0.2, 0) is 10.2 Å². The Hall–Kier alpha value is 0.120. The lowest BCUT2D eigenvalue weighted by atomic mass is 10.1. The normalized spacial score (nSPS) is 18.9. The topological polar surface area (TPSA) is 70.2 Å². The highest BCUT2D eigenvalue weighted by Crippen LogP contribution is 2.03. The summed E-state index contributed by atoms with van der Waals surface area (Å²) < 4.78 is 28.1. The molecule has 0 aromatic heterocycles. The molecule has 1 aliphatic heterocycles. The molecular formula is C8H20ClN3O2S. The van der Waals surface area contributed by atoms with E-state index in [4.69, 9.17) is 0 Å². The van der Waals surface area contributed by atoms with E-state index < -0.39 is 10.2 Å². The summed E-state index contributed by atoms with van der Waals surface area (Å²) in [5, 5.41) is 3.19. The molecule has 0 aromatic rings. The summed E-state index contributed by atoms with van der Waals surface area (Å²) in [6.07, 6.45) is 1.72. The molecule has 0 amide bonds. The first-order valence-corrected chi connectivity index (χ1v) is 6.48. The summed E-state index contributed by atoms with van der Waals surface area (Å²) in [5.74, 6) is 0. The Bertz CT molecular complexity index is 263. The second-order valence-electron chi connectivity index (χ2n) is 3.92. The lowest BCUT2D eigenvalue weighted by molar-refractivity contribution is 0.423. The summed E-state index contributed by atoms with van der Waals surface area (Å²) >= 11 is 0. The molecule has 0 unspecified atom stereocenters. The smallest absolute Gasteiger partial charge is 0.277 e. The molecule has 7 heteroatoms. The third kappa shape index (κ3) is 6.32. The monoisotopic (exact) mass is 257 g/mol. The number of hydrogen-bond donors (Lipinski definition) is 3. The third-order valence-corrected chi connectivity index (χ3v) is 3.48. The minimum absolute atomic E-state index is 0. The molecule has 0 bridgehead atoms. The van der Waals surface area contributed by atoms with E-state index in [0.717, 1.165) is 25.9 Å². The predicted octanol–water partition coefficient (Wildman–Crippen LogP) is -0.00740. The van der Waals surface area contributed by atoms with Crippen LogP contribution in [0.3, 0.4) is 0 Å². The minimum atomic E-state index is -3.31. The fraction of sp³-hybridized carbons (Fsp3) is 1.00. The molecule has 92 valence electrons. The number of piperidine rings is 1. The van der Waals surface area contributed by atoms with Crippen LogP contribution in [0.2, 0.25) is 0 Å². The fourth-order valence-electron chi connectivity index (χ4n) is 1.50. The zero-order valence-electron chi connectivity index (χ0n) is 9.12. The van der Waals surface area contributed by atoms with E-state index in [2.05, 4.69) is 14.8 Å². The Labute approximate surface area is 98.0 Å². The van der Waals surface area contributed by atoms with Gasteiger partial charge in [-0.3, -0.25) is 0 Å². The van der Waals surface area contributed by atoms with Crippen molar-refractivity contribution in [1.82, 2.24) is 14.8 Å². The first-order chi connectivity index (χ1) is 6.49. The fourth-order valence-corrected chi connectivity index (χ4v) is 2.87. The van der Waals surface area contributed by atoms with Gasteiger partial charge in [0.15, 0.2) is 0 Å². The van der Waals surface area contributed by atoms with Gasteiger partial charge in [-0.2, -0.15) is 17.9 Å². The van der Waals surface area contributed by atoms with Gasteiger partial charge in [-0.1, -0.05) is 0 Å². The van der Waals surface area contributed by atoms with Gasteiger partial charge < -0.3 is 5.32 Å². The maximum Gasteiger partial charge on any atom is 0.277 e. The molecule has 15 heavy (non-hydrogen) atoms. The Kier molecular flexibility index (Phi) is 6.70. The summed E-state index contributed by atoms with van der Waals surface area (Å²) in [7, 11) is -3.31. The van der Waals surface area contributed by atoms with Crippen LogP contribution < -0.4 is 14.8 Å². The first kappa shape index (κ1) is 15.1. The molecule has 0 radical (unpaired) electrons. The average molecular weight is 258 g/mol. The van der Waals surface area contributed by atoms with Gasteiger partial charge in [-0.05, 0) is 39.8 Å². The molecular weight excluding hydrogens is 238 g/mol. The average Bonchev–Trinajstić information content (AvgIpc) is 2.02. The van der Waals surface area contributed by atoms with Crippen molar-refractivity contribution in [3.63, 3.8) is 0 Å². The number of halogens is 1. The molecule has 0 aliphatic carbocycles. The van der Waals surface area contributed by atoms with Crippen LogP contribution in [0.1, 0.15) is 26.7 Å². The minimum Gasteiger partial charge on any atom is -0.317 e. The summed E-state index contributed by atoms with van der Waals surface area (Å²) in [6.45, 7) is 5.38. The molecule has 0 spiro atoms. The molecule has 0 atom stereocenters. The molecule has 1 heterocycles. The highest BCUT2D eigenvalue weighted by molar-refractivity contribution is 7.87. The number of nitrogens with one attached hydrogen (secondary N) is 3. The van der Waals surface area contributed by atoms with Gasteiger partial charge >= 0.3 is 0 Å². The van der Waals surface area contributed by atoms with E-state index in [-0.39, 0.29) is 24.5 Å². The van der Waals surface area contributed by atoms with Crippen molar-refractivity contribution in [1.29, 1.82) is 0 Å². The Morgan fingerprint density at radius 1 is 1.27 bits per heavy atom. The molecule has 1 fully saturated rings. The van der Waals surface area contributed by atoms with E-state index in [0.29, 0.717) is 0 Å². The Morgan fingerprint density at radius 2 is 1.80 bits per heavy atom. The molecule has 3 N–H and O–H groups in total. The standard InChI is InChI=1S/C8H19N3O2S.ClH/c1-7(2)10-14(12,13)11-8-3-5-9-6-4-8;/h7-11H,3-6H2,1-2H3;1H. The lowest BCUT2D eigenvalue weighted by Gasteiger charge is -2.24. The molecule has 1 rings (SSSR count). The van der Waals surface area contributed by atoms with Crippen molar-refractivity contribution >= 4 is 22.6 Å². The van der Waals surface area contributed by atoms with E-state index in [9.17, 15) is 8.42 Å². The van der Waals surface area contributed by atoms with Crippen LogP contribution >= 0.6 is 12.4 Å². The van der Waals surface area contributed by atoms with Crippen molar-refractivity contribution in [3.05, 3.63) is 0 Å². The highest BCUT2D eigenvalue weighted by Gasteiger charge is 2.19. The van der Waals surface area contributed by atoms with Crippen molar-refractivity contribution < 1.29 is 8.42 Å². The number of rotatable bonds is 4. The van der Waals surface area contributed by atoms with Gasteiger partial charge in [0.2, 0.25) is 0 Å². The van der Waals surface area contributed by atoms with Crippen molar-refractivity contribution in [2.24, 2.45) is 0 Å². The maximum atomic E-state index is 11.5. The Balaban J connectivity index is 0.00000196. The number of hydrogen-bond acceptors (Lipinski definition) is 3. The van der Waals surface area contributed by atoms with Crippen LogP contribution in [0, 0.1) is 0 Å². The molecule has 5 nitrogen and oxygen atoms in total. The van der Waals surface area contributed by atoms with Gasteiger partial charge in [0.05, 0.1) is 0 Å². The van der Waals surface area contributed by atoms with Crippen molar-refractivity contribution in [2.45, 2.75) is 38.8 Å². The molecule has 1 aliphatic rings. The van der Waals surface area contributed by atoms with Crippen molar-refractivity contribution in [3.8, 4) is 0 Å². The van der Waals surface area contributed by atoms with Gasteiger partial charge in [0, 0.05) is 12.1 Å². The van der Waals surface area contributed by atoms with E-state index >= 15 is 0 Å². The summed E-state index contributed by atoms with van der Waals surface area (Å²) in [5.41, 5.74) is 0. The predicted molar refractivity (Wildman–Crippen MR) is 63.5 cm³/mol. The quantitative estimate of drug-likeness (QED) is 0.664. The van der Waals surface area contributed by atoms with Gasteiger partial charge in [0.1, 0.15) is 0 Å². The molecule has 0 saturated carbocycles. The molecule has 0 aromatic carbocycles. The zero-order valence-corrected chi connectivity index (χ0v) is 10.7. The van der Waals surface area contributed by atoms with Gasteiger partial charge in [-0.25, -0.2) is 0 Å². The first-order valence-electron chi connectivity index (χ1n) is 5.00. The largest absolute Gasteiger partial charge is 0.317 e. The van der Waals surface area contributed by atoms with Crippen molar-refractivity contribution in [2.75, 3.05) is 13.1 Å². The Morgan fingerprint density at radius 3 is 2.27 bits per heavy atom. The molecule has 1 saturated heterocycles. The highest BCUT2D eigenvalue weighted by atomic mass is 35.5. The van der Waals surface area contributed by atoms with E-state index in [1.165, 1.54) is 0 Å². The third-order valence-electron chi connectivity index (χ3n) is 2.05. The van der Waals surface area contributed by atoms with Crippen LogP contribution in [0.4, 0.5) is 0 Å². The SMILES string of the molecule is CC(C)NS(=O)(=O)NC1CCNCC1.Cl. The zero-order chi connectivity index (χ0) is 10.6. The van der Waals surface area contributed by atoms with Crippen LogP contribution in [0.5, 0.6) is 0 Å². The van der Waals surface area contributed by atoms with E-state index in [1.807, 2.05) is 13.8 Å². The second kappa shape index (κ2) is 6.65. The van der Waals surface area contributed by atoms with E-state index in [1.54, 1.807) is 0 Å². The van der Waals surface area contributed by atoms with Crippen LogP contribution in [-0.4, -0.2) is 33.6 Å². The van der Waals surface area contributed by atoms with Crippen LogP contribution in [0.25, 0.3) is 0 Å². The summed E-state index contributed by atoms with van der Waals surface area (Å²) in [6, 6.07) is 0.0155. The van der Waals surface area contributed by atoms with Gasteiger partial charge in [0.25, 0.3) is 10.2 Å². The maximum absolute atomic E-state index is 11.5. The van der Waals surface area contributed by atoms with Crippen LogP contribution in [0.15, 0.2) is 0 Å². The lowest BCUT2D eigenvalue weighted by Crippen LogP contribution is -2.48. The van der Waals surface area contributed by atoms with Gasteiger partial charge in [-0.15, -0.1) is 12.4 Å².